The lowest BCUT2D eigenvalue weighted by atomic mass is 9.96. The van der Waals surface area contributed by atoms with Gasteiger partial charge >= 0.3 is 0 Å². The van der Waals surface area contributed by atoms with E-state index in [2.05, 4.69) is 0 Å². The summed E-state index contributed by atoms with van der Waals surface area (Å²) in [5, 5.41) is 0. The first-order valence-electron chi connectivity index (χ1n) is 4.92. The molecule has 0 spiro atoms. The van der Waals surface area contributed by atoms with Gasteiger partial charge in [0, 0.05) is 5.54 Å². The summed E-state index contributed by atoms with van der Waals surface area (Å²) >= 11 is 0. The van der Waals surface area contributed by atoms with Crippen molar-refractivity contribution >= 4 is 0 Å². The van der Waals surface area contributed by atoms with Crippen LogP contribution in [0, 0.1) is 12.7 Å². The zero-order chi connectivity index (χ0) is 10.8. The summed E-state index contributed by atoms with van der Waals surface area (Å²) in [6.45, 7) is 5.87. The highest BCUT2D eigenvalue weighted by molar-refractivity contribution is 5.23. The van der Waals surface area contributed by atoms with Crippen LogP contribution in [0.4, 0.5) is 4.39 Å². The largest absolute Gasteiger partial charge is 0.326 e. The number of nitrogens with two attached hydrogens (primary N) is 1. The van der Waals surface area contributed by atoms with E-state index in [1.165, 1.54) is 6.07 Å². The van der Waals surface area contributed by atoms with Crippen LogP contribution in [0.25, 0.3) is 0 Å². The van der Waals surface area contributed by atoms with Gasteiger partial charge in [-0.05, 0) is 56.9 Å². The number of halogens is 1. The number of aryl methyl sites for hydroxylation is 2. The second-order valence-corrected chi connectivity index (χ2v) is 4.63. The fraction of sp³-hybridized carbons (Fsp3) is 0.500. The summed E-state index contributed by atoms with van der Waals surface area (Å²) in [6, 6.07) is 5.13. The van der Waals surface area contributed by atoms with Crippen LogP contribution in [0.5, 0.6) is 0 Å². The van der Waals surface area contributed by atoms with Gasteiger partial charge in [0.05, 0.1) is 0 Å². The quantitative estimate of drug-likeness (QED) is 0.788. The molecule has 0 saturated heterocycles. The molecule has 0 unspecified atom stereocenters. The number of benzene rings is 1. The molecule has 2 heteroatoms. The van der Waals surface area contributed by atoms with Crippen molar-refractivity contribution in [1.82, 2.24) is 0 Å². The first kappa shape index (κ1) is 11.2. The van der Waals surface area contributed by atoms with Crippen molar-refractivity contribution in [3.05, 3.63) is 35.1 Å². The summed E-state index contributed by atoms with van der Waals surface area (Å²) in [7, 11) is 0. The Morgan fingerprint density at radius 3 is 2.43 bits per heavy atom. The van der Waals surface area contributed by atoms with Crippen LogP contribution in [0.1, 0.15) is 31.4 Å². The Morgan fingerprint density at radius 1 is 1.29 bits per heavy atom. The van der Waals surface area contributed by atoms with Crippen LogP contribution in [0.3, 0.4) is 0 Å². The monoisotopic (exact) mass is 195 g/mol. The van der Waals surface area contributed by atoms with Crippen molar-refractivity contribution in [1.29, 1.82) is 0 Å². The fourth-order valence-corrected chi connectivity index (χ4v) is 1.42. The number of hydrogen-bond donors (Lipinski definition) is 1. The molecule has 0 radical (unpaired) electrons. The minimum absolute atomic E-state index is 0.158. The lowest BCUT2D eigenvalue weighted by Gasteiger charge is -2.18. The van der Waals surface area contributed by atoms with Crippen molar-refractivity contribution in [3.8, 4) is 0 Å². The van der Waals surface area contributed by atoms with Gasteiger partial charge < -0.3 is 5.73 Å². The van der Waals surface area contributed by atoms with E-state index in [1.807, 2.05) is 26.8 Å². The van der Waals surface area contributed by atoms with Crippen LogP contribution in [-0.2, 0) is 6.42 Å². The first-order chi connectivity index (χ1) is 6.37. The van der Waals surface area contributed by atoms with E-state index in [0.717, 1.165) is 24.0 Å². The second-order valence-electron chi connectivity index (χ2n) is 4.63. The Bertz CT molecular complexity index is 292. The molecule has 14 heavy (non-hydrogen) atoms. The minimum Gasteiger partial charge on any atom is -0.326 e. The van der Waals surface area contributed by atoms with E-state index in [9.17, 15) is 4.39 Å². The molecule has 0 saturated carbocycles. The molecule has 0 aliphatic rings. The Kier molecular flexibility index (Phi) is 3.27. The van der Waals surface area contributed by atoms with Gasteiger partial charge in [-0.25, -0.2) is 4.39 Å². The molecular weight excluding hydrogens is 177 g/mol. The van der Waals surface area contributed by atoms with E-state index in [4.69, 9.17) is 5.73 Å². The molecule has 78 valence electrons. The summed E-state index contributed by atoms with van der Waals surface area (Å²) in [4.78, 5) is 0. The average Bonchev–Trinajstić information content (AvgIpc) is 1.97. The maximum absolute atomic E-state index is 13.0. The Balaban J connectivity index is 2.68. The summed E-state index contributed by atoms with van der Waals surface area (Å²) in [6.07, 6.45) is 1.71. The van der Waals surface area contributed by atoms with Crippen molar-refractivity contribution in [2.45, 2.75) is 39.2 Å². The number of hydrogen-bond acceptors (Lipinski definition) is 1. The molecule has 0 bridgehead atoms. The molecule has 0 aliphatic carbocycles. The Morgan fingerprint density at radius 2 is 1.93 bits per heavy atom. The SMILES string of the molecule is Cc1cc(F)cc(CCC(C)(C)N)c1. The molecule has 1 aromatic carbocycles. The molecule has 0 heterocycles. The van der Waals surface area contributed by atoms with Gasteiger partial charge in [-0.1, -0.05) is 6.07 Å². The van der Waals surface area contributed by atoms with Gasteiger partial charge in [-0.2, -0.15) is 0 Å². The van der Waals surface area contributed by atoms with Gasteiger partial charge in [0.1, 0.15) is 5.82 Å². The highest BCUT2D eigenvalue weighted by Crippen LogP contribution is 2.14. The average molecular weight is 195 g/mol. The first-order valence-corrected chi connectivity index (χ1v) is 4.92. The second kappa shape index (κ2) is 4.09. The zero-order valence-electron chi connectivity index (χ0n) is 9.10. The van der Waals surface area contributed by atoms with Gasteiger partial charge in [0.15, 0.2) is 0 Å². The topological polar surface area (TPSA) is 26.0 Å². The molecule has 1 rings (SSSR count). The summed E-state index contributed by atoms with van der Waals surface area (Å²) in [5.74, 6) is -0.158. The van der Waals surface area contributed by atoms with Crippen LogP contribution in [0.15, 0.2) is 18.2 Å². The third-order valence-electron chi connectivity index (χ3n) is 2.16. The van der Waals surface area contributed by atoms with Crippen molar-refractivity contribution in [3.63, 3.8) is 0 Å². The zero-order valence-corrected chi connectivity index (χ0v) is 9.10. The highest BCUT2D eigenvalue weighted by atomic mass is 19.1. The molecular formula is C12H18FN. The van der Waals surface area contributed by atoms with Crippen LogP contribution >= 0.6 is 0 Å². The molecule has 0 aliphatic heterocycles. The van der Waals surface area contributed by atoms with E-state index in [0.29, 0.717) is 0 Å². The summed E-state index contributed by atoms with van der Waals surface area (Å²) in [5.41, 5.74) is 7.68. The van der Waals surface area contributed by atoms with Crippen molar-refractivity contribution in [2.24, 2.45) is 5.73 Å². The predicted molar refractivity (Wildman–Crippen MR) is 57.7 cm³/mol. The Hall–Kier alpha value is -0.890. The van der Waals surface area contributed by atoms with Crippen molar-refractivity contribution < 1.29 is 4.39 Å². The van der Waals surface area contributed by atoms with Gasteiger partial charge in [0.25, 0.3) is 0 Å². The lowest BCUT2D eigenvalue weighted by Crippen LogP contribution is -2.32. The molecule has 0 amide bonds. The van der Waals surface area contributed by atoms with Crippen LogP contribution in [0.2, 0.25) is 0 Å². The van der Waals surface area contributed by atoms with Crippen molar-refractivity contribution in [2.75, 3.05) is 0 Å². The van der Waals surface area contributed by atoms with Crippen LogP contribution < -0.4 is 5.73 Å². The van der Waals surface area contributed by atoms with Gasteiger partial charge in [-0.3, -0.25) is 0 Å². The fourth-order valence-electron chi connectivity index (χ4n) is 1.42. The standard InChI is InChI=1S/C12H18FN/c1-9-6-10(8-11(13)7-9)4-5-12(2,3)14/h6-8H,4-5,14H2,1-3H3. The Labute approximate surface area is 85.1 Å². The maximum atomic E-state index is 13.0. The van der Waals surface area contributed by atoms with E-state index in [-0.39, 0.29) is 11.4 Å². The smallest absolute Gasteiger partial charge is 0.123 e. The van der Waals surface area contributed by atoms with Gasteiger partial charge in [0.2, 0.25) is 0 Å². The molecule has 2 N–H and O–H groups in total. The molecule has 1 aromatic rings. The van der Waals surface area contributed by atoms with Crippen LogP contribution in [-0.4, -0.2) is 5.54 Å². The lowest BCUT2D eigenvalue weighted by molar-refractivity contribution is 0.476. The third kappa shape index (κ3) is 3.88. The maximum Gasteiger partial charge on any atom is 0.123 e. The normalized spacial score (nSPS) is 11.8. The molecule has 0 fully saturated rings. The summed E-state index contributed by atoms with van der Waals surface area (Å²) < 4.78 is 13.0. The molecule has 0 aromatic heterocycles. The third-order valence-corrected chi connectivity index (χ3v) is 2.16. The molecule has 1 nitrogen and oxygen atoms in total. The highest BCUT2D eigenvalue weighted by Gasteiger charge is 2.10. The minimum atomic E-state index is -0.180. The van der Waals surface area contributed by atoms with E-state index >= 15 is 0 Å². The van der Waals surface area contributed by atoms with E-state index in [1.54, 1.807) is 6.07 Å². The van der Waals surface area contributed by atoms with Gasteiger partial charge in [-0.15, -0.1) is 0 Å². The predicted octanol–water partition coefficient (Wildman–Crippen LogP) is 2.80. The number of rotatable bonds is 3. The van der Waals surface area contributed by atoms with E-state index < -0.39 is 0 Å². The molecule has 0 atom stereocenters.